The van der Waals surface area contributed by atoms with E-state index < -0.39 is 5.82 Å². The Bertz CT molecular complexity index is 830. The van der Waals surface area contributed by atoms with Crippen molar-refractivity contribution in [1.82, 2.24) is 15.5 Å². The molecule has 0 spiro atoms. The fourth-order valence-corrected chi connectivity index (χ4v) is 4.91. The Labute approximate surface area is 169 Å². The fraction of sp³-hybridized carbons (Fsp3) is 0.571. The van der Waals surface area contributed by atoms with Crippen LogP contribution in [0.15, 0.2) is 18.2 Å². The van der Waals surface area contributed by atoms with Crippen LogP contribution < -0.4 is 15.4 Å². The van der Waals surface area contributed by atoms with E-state index in [0.29, 0.717) is 31.2 Å². The first-order chi connectivity index (χ1) is 14.0. The maximum absolute atomic E-state index is 13.8. The van der Waals surface area contributed by atoms with Gasteiger partial charge in [-0.15, -0.1) is 0 Å². The highest BCUT2D eigenvalue weighted by molar-refractivity contribution is 5.97. The number of carbonyl (C=O) groups excluding carboxylic acids is 3. The summed E-state index contributed by atoms with van der Waals surface area (Å²) in [6.07, 6.45) is 3.46. The van der Waals surface area contributed by atoms with Crippen LogP contribution in [0.25, 0.3) is 0 Å². The molecule has 1 aliphatic carbocycles. The van der Waals surface area contributed by atoms with Gasteiger partial charge in [0.15, 0.2) is 0 Å². The summed E-state index contributed by atoms with van der Waals surface area (Å²) in [5, 5.41) is 5.80. The number of piperidine rings is 2. The van der Waals surface area contributed by atoms with Gasteiger partial charge in [0.1, 0.15) is 11.6 Å². The van der Waals surface area contributed by atoms with Gasteiger partial charge in [0.2, 0.25) is 11.8 Å². The van der Waals surface area contributed by atoms with Crippen molar-refractivity contribution in [2.45, 2.75) is 44.2 Å². The minimum atomic E-state index is -0.490. The largest absolute Gasteiger partial charge is 0.496 e. The number of rotatable bonds is 5. The highest BCUT2D eigenvalue weighted by atomic mass is 19.1. The molecule has 3 aliphatic heterocycles. The summed E-state index contributed by atoms with van der Waals surface area (Å²) in [5.41, 5.74) is 0.202. The summed E-state index contributed by atoms with van der Waals surface area (Å²) in [6, 6.07) is 3.64. The van der Waals surface area contributed by atoms with E-state index in [1.54, 1.807) is 4.90 Å². The van der Waals surface area contributed by atoms with Crippen molar-refractivity contribution in [1.29, 1.82) is 0 Å². The normalized spacial score (nSPS) is 28.2. The van der Waals surface area contributed by atoms with Gasteiger partial charge in [0, 0.05) is 31.5 Å². The van der Waals surface area contributed by atoms with E-state index in [9.17, 15) is 18.8 Å². The van der Waals surface area contributed by atoms with Gasteiger partial charge in [0.05, 0.1) is 18.7 Å². The molecule has 29 heavy (non-hydrogen) atoms. The quantitative estimate of drug-likeness (QED) is 0.779. The summed E-state index contributed by atoms with van der Waals surface area (Å²) in [4.78, 5) is 39.2. The van der Waals surface area contributed by atoms with Crippen LogP contribution in [-0.2, 0) is 9.59 Å². The fourth-order valence-electron chi connectivity index (χ4n) is 4.91. The predicted octanol–water partition coefficient (Wildman–Crippen LogP) is 1.47. The SMILES string of the molecule is COc1ccc(F)cc1C(=O)N1CC2CCC1C(NC(=O)CC1CCNC1=O)C2. The number of carbonyl (C=O) groups is 3. The van der Waals surface area contributed by atoms with Crippen molar-refractivity contribution >= 4 is 17.7 Å². The summed E-state index contributed by atoms with van der Waals surface area (Å²) < 4.78 is 19.0. The molecule has 5 rings (SSSR count). The second-order valence-corrected chi connectivity index (χ2v) is 8.20. The van der Waals surface area contributed by atoms with Crippen molar-refractivity contribution < 1.29 is 23.5 Å². The number of hydrogen-bond acceptors (Lipinski definition) is 4. The molecular formula is C21H26FN3O4. The zero-order valence-corrected chi connectivity index (χ0v) is 16.4. The van der Waals surface area contributed by atoms with Crippen LogP contribution in [0.3, 0.4) is 0 Å². The van der Waals surface area contributed by atoms with E-state index in [1.807, 2.05) is 0 Å². The highest BCUT2D eigenvalue weighted by Gasteiger charge is 2.44. The van der Waals surface area contributed by atoms with E-state index in [0.717, 1.165) is 19.3 Å². The van der Waals surface area contributed by atoms with Gasteiger partial charge in [-0.25, -0.2) is 4.39 Å². The lowest BCUT2D eigenvalue weighted by Crippen LogP contribution is -2.62. The minimum absolute atomic E-state index is 0.0691. The number of nitrogens with zero attached hydrogens (tertiary/aromatic N) is 1. The number of benzene rings is 1. The Hall–Kier alpha value is -2.64. The molecule has 4 unspecified atom stereocenters. The number of hydrogen-bond donors (Lipinski definition) is 2. The first-order valence-corrected chi connectivity index (χ1v) is 10.2. The number of methoxy groups -OCH3 is 1. The van der Waals surface area contributed by atoms with Crippen LogP contribution in [0.2, 0.25) is 0 Å². The Balaban J connectivity index is 1.47. The zero-order chi connectivity index (χ0) is 20.5. The lowest BCUT2D eigenvalue weighted by molar-refractivity contribution is -0.129. The molecule has 7 nitrogen and oxygen atoms in total. The van der Waals surface area contributed by atoms with E-state index in [-0.39, 0.29) is 47.7 Å². The number of nitrogens with one attached hydrogen (secondary N) is 2. The molecule has 156 valence electrons. The average molecular weight is 403 g/mol. The van der Waals surface area contributed by atoms with E-state index in [2.05, 4.69) is 10.6 Å². The van der Waals surface area contributed by atoms with Gasteiger partial charge in [0.25, 0.3) is 5.91 Å². The summed E-state index contributed by atoms with van der Waals surface area (Å²) in [5.74, 6) is -0.624. The molecule has 2 N–H and O–H groups in total. The summed E-state index contributed by atoms with van der Waals surface area (Å²) >= 11 is 0. The van der Waals surface area contributed by atoms with Crippen LogP contribution in [0, 0.1) is 17.7 Å². The molecule has 2 bridgehead atoms. The van der Waals surface area contributed by atoms with Crippen molar-refractivity contribution in [2.24, 2.45) is 11.8 Å². The maximum atomic E-state index is 13.8. The molecular weight excluding hydrogens is 377 g/mol. The van der Waals surface area contributed by atoms with Crippen LogP contribution in [-0.4, -0.2) is 54.9 Å². The third-order valence-corrected chi connectivity index (χ3v) is 6.37. The molecule has 1 saturated carbocycles. The van der Waals surface area contributed by atoms with Crippen molar-refractivity contribution in [3.05, 3.63) is 29.6 Å². The molecule has 0 aromatic heterocycles. The molecule has 4 fully saturated rings. The minimum Gasteiger partial charge on any atom is -0.496 e. The van der Waals surface area contributed by atoms with Gasteiger partial charge in [-0.2, -0.15) is 0 Å². The Kier molecular flexibility index (Phi) is 5.43. The van der Waals surface area contributed by atoms with Crippen LogP contribution in [0.1, 0.15) is 42.5 Å². The molecule has 8 heteroatoms. The van der Waals surface area contributed by atoms with Gasteiger partial charge < -0.3 is 20.3 Å². The molecule has 1 aromatic carbocycles. The molecule has 3 heterocycles. The van der Waals surface area contributed by atoms with E-state index in [1.165, 1.54) is 25.3 Å². The predicted molar refractivity (Wildman–Crippen MR) is 103 cm³/mol. The van der Waals surface area contributed by atoms with Crippen molar-refractivity contribution in [3.8, 4) is 5.75 Å². The Morgan fingerprint density at radius 1 is 1.31 bits per heavy atom. The number of ether oxygens (including phenoxy) is 1. The molecule has 3 saturated heterocycles. The Morgan fingerprint density at radius 3 is 2.83 bits per heavy atom. The summed E-state index contributed by atoms with van der Waals surface area (Å²) in [7, 11) is 1.45. The molecule has 3 amide bonds. The lowest BCUT2D eigenvalue weighted by Gasteiger charge is -2.50. The van der Waals surface area contributed by atoms with Crippen molar-refractivity contribution in [3.63, 3.8) is 0 Å². The molecule has 4 aliphatic rings. The first kappa shape index (κ1) is 19.7. The zero-order valence-electron chi connectivity index (χ0n) is 16.4. The molecule has 1 aromatic rings. The highest BCUT2D eigenvalue weighted by Crippen LogP contribution is 2.37. The molecule has 4 atom stereocenters. The second-order valence-electron chi connectivity index (χ2n) is 8.20. The third kappa shape index (κ3) is 3.93. The number of halogens is 1. The van der Waals surface area contributed by atoms with Crippen molar-refractivity contribution in [2.75, 3.05) is 20.2 Å². The van der Waals surface area contributed by atoms with E-state index in [4.69, 9.17) is 4.74 Å². The second kappa shape index (κ2) is 8.00. The van der Waals surface area contributed by atoms with Gasteiger partial charge in [-0.1, -0.05) is 0 Å². The Morgan fingerprint density at radius 2 is 2.14 bits per heavy atom. The lowest BCUT2D eigenvalue weighted by atomic mass is 9.76. The van der Waals surface area contributed by atoms with Gasteiger partial charge in [-0.3, -0.25) is 14.4 Å². The van der Waals surface area contributed by atoms with Crippen LogP contribution >= 0.6 is 0 Å². The maximum Gasteiger partial charge on any atom is 0.258 e. The van der Waals surface area contributed by atoms with E-state index >= 15 is 0 Å². The molecule has 0 radical (unpaired) electrons. The van der Waals surface area contributed by atoms with Gasteiger partial charge >= 0.3 is 0 Å². The smallest absolute Gasteiger partial charge is 0.258 e. The number of fused-ring (bicyclic) bond motifs is 3. The van der Waals surface area contributed by atoms with Crippen LogP contribution in [0.4, 0.5) is 4.39 Å². The average Bonchev–Trinajstić information content (AvgIpc) is 3.12. The summed E-state index contributed by atoms with van der Waals surface area (Å²) in [6.45, 7) is 1.21. The monoisotopic (exact) mass is 403 g/mol. The number of amides is 3. The van der Waals surface area contributed by atoms with Crippen LogP contribution in [0.5, 0.6) is 5.75 Å². The first-order valence-electron chi connectivity index (χ1n) is 10.2. The standard InChI is InChI=1S/C21H26FN3O4/c1-29-18-5-3-14(22)10-15(18)21(28)25-11-12-2-4-17(25)16(8-12)24-19(26)9-13-6-7-23-20(13)27/h3,5,10,12-13,16-17H,2,4,6-9,11H2,1H3,(H,23,27)(H,24,26). The topological polar surface area (TPSA) is 87.7 Å². The van der Waals surface area contributed by atoms with Gasteiger partial charge in [-0.05, 0) is 49.8 Å². The third-order valence-electron chi connectivity index (χ3n) is 6.37.